The summed E-state index contributed by atoms with van der Waals surface area (Å²) in [5.41, 5.74) is 1.69. The Kier molecular flexibility index (Phi) is 4.14. The number of nitrogens with zero attached hydrogens (tertiary/aromatic N) is 6. The fourth-order valence-electron chi connectivity index (χ4n) is 2.20. The number of para-hydroxylation sites is 1. The lowest BCUT2D eigenvalue weighted by molar-refractivity contribution is 0.116. The quantitative estimate of drug-likeness (QED) is 0.538. The Bertz CT molecular complexity index is 1030. The van der Waals surface area contributed by atoms with Crippen molar-refractivity contribution in [3.8, 4) is 17.2 Å². The molecule has 0 aliphatic rings. The molecule has 0 radical (unpaired) electrons. The van der Waals surface area contributed by atoms with Gasteiger partial charge in [-0.2, -0.15) is 8.78 Å². The van der Waals surface area contributed by atoms with Crippen molar-refractivity contribution in [2.75, 3.05) is 0 Å². The van der Waals surface area contributed by atoms with Gasteiger partial charge >= 0.3 is 6.43 Å². The largest absolute Gasteiger partial charge is 0.483 e. The van der Waals surface area contributed by atoms with Crippen LogP contribution in [0.1, 0.15) is 18.1 Å². The first kappa shape index (κ1) is 15.9. The Morgan fingerprint density at radius 3 is 2.58 bits per heavy atom. The fraction of sp³-hybridized carbons (Fsp3) is 0.125. The second kappa shape index (κ2) is 6.75. The molecule has 0 saturated carbocycles. The van der Waals surface area contributed by atoms with E-state index in [0.29, 0.717) is 28.2 Å². The van der Waals surface area contributed by atoms with Gasteiger partial charge in [0.15, 0.2) is 5.82 Å². The summed E-state index contributed by atoms with van der Waals surface area (Å²) in [6.45, 7) is 0.0993. The minimum Gasteiger partial charge on any atom is -0.483 e. The third kappa shape index (κ3) is 3.16. The SMILES string of the molecule is FC(F)c1nnc(-c2cnc(COc3cccc4nccnc34)nc2)o1. The summed E-state index contributed by atoms with van der Waals surface area (Å²) in [7, 11) is 0. The van der Waals surface area contributed by atoms with Crippen LogP contribution in [-0.2, 0) is 6.61 Å². The zero-order valence-corrected chi connectivity index (χ0v) is 13.1. The summed E-state index contributed by atoms with van der Waals surface area (Å²) in [5, 5.41) is 6.80. The van der Waals surface area contributed by atoms with Crippen LogP contribution in [0.3, 0.4) is 0 Å². The number of alkyl halides is 2. The molecule has 0 spiro atoms. The molecule has 3 aromatic heterocycles. The second-order valence-corrected chi connectivity index (χ2v) is 5.10. The van der Waals surface area contributed by atoms with Crippen molar-refractivity contribution in [1.82, 2.24) is 30.1 Å². The van der Waals surface area contributed by atoms with Crippen LogP contribution in [0.4, 0.5) is 8.78 Å². The smallest absolute Gasteiger partial charge is 0.314 e. The molecule has 0 unspecified atom stereocenters. The number of fused-ring (bicyclic) bond motifs is 1. The minimum atomic E-state index is -2.83. The molecule has 26 heavy (non-hydrogen) atoms. The first-order chi connectivity index (χ1) is 12.7. The van der Waals surface area contributed by atoms with E-state index < -0.39 is 12.3 Å². The maximum Gasteiger partial charge on any atom is 0.314 e. The van der Waals surface area contributed by atoms with Crippen LogP contribution < -0.4 is 4.74 Å². The lowest BCUT2D eigenvalue weighted by Gasteiger charge is -2.07. The van der Waals surface area contributed by atoms with Crippen molar-refractivity contribution >= 4 is 11.0 Å². The van der Waals surface area contributed by atoms with Crippen molar-refractivity contribution in [2.45, 2.75) is 13.0 Å². The molecular formula is C16H10F2N6O2. The van der Waals surface area contributed by atoms with Gasteiger partial charge in [-0.05, 0) is 12.1 Å². The van der Waals surface area contributed by atoms with Crippen molar-refractivity contribution in [1.29, 1.82) is 0 Å². The average Bonchev–Trinajstić information content (AvgIpc) is 3.17. The highest BCUT2D eigenvalue weighted by Crippen LogP contribution is 2.23. The van der Waals surface area contributed by atoms with Crippen molar-refractivity contribution in [3.63, 3.8) is 0 Å². The molecule has 0 aliphatic carbocycles. The number of ether oxygens (including phenoxy) is 1. The van der Waals surface area contributed by atoms with Gasteiger partial charge in [0.25, 0.3) is 11.8 Å². The van der Waals surface area contributed by atoms with Crippen molar-refractivity contribution in [2.24, 2.45) is 0 Å². The number of aromatic nitrogens is 6. The van der Waals surface area contributed by atoms with Crippen LogP contribution in [0.5, 0.6) is 5.75 Å². The van der Waals surface area contributed by atoms with Gasteiger partial charge in [-0.25, -0.2) is 15.0 Å². The topological polar surface area (TPSA) is 99.7 Å². The minimum absolute atomic E-state index is 0.0721. The standard InChI is InChI=1S/C16H10F2N6O2/c17-14(18)16-24-23-15(26-16)9-6-21-12(22-7-9)8-25-11-3-1-2-10-13(11)20-5-4-19-10/h1-7,14H,8H2. The lowest BCUT2D eigenvalue weighted by Crippen LogP contribution is -2.02. The van der Waals surface area contributed by atoms with E-state index in [1.54, 1.807) is 18.5 Å². The lowest BCUT2D eigenvalue weighted by atomic mass is 10.3. The molecule has 0 amide bonds. The number of rotatable bonds is 5. The molecule has 130 valence electrons. The third-order valence-electron chi connectivity index (χ3n) is 3.40. The highest BCUT2D eigenvalue weighted by atomic mass is 19.3. The Hall–Kier alpha value is -3.56. The Morgan fingerprint density at radius 1 is 1.00 bits per heavy atom. The molecule has 0 atom stereocenters. The van der Waals surface area contributed by atoms with Gasteiger partial charge in [-0.1, -0.05) is 6.07 Å². The molecule has 0 bridgehead atoms. The summed E-state index contributed by atoms with van der Waals surface area (Å²) in [5.74, 6) is 0.131. The average molecular weight is 356 g/mol. The summed E-state index contributed by atoms with van der Waals surface area (Å²) in [6.07, 6.45) is 3.16. The van der Waals surface area contributed by atoms with E-state index in [-0.39, 0.29) is 12.5 Å². The van der Waals surface area contributed by atoms with Gasteiger partial charge in [-0.15, -0.1) is 10.2 Å². The second-order valence-electron chi connectivity index (χ2n) is 5.10. The van der Waals surface area contributed by atoms with Crippen LogP contribution in [0.2, 0.25) is 0 Å². The van der Waals surface area contributed by atoms with Gasteiger partial charge in [-0.3, -0.25) is 4.98 Å². The Morgan fingerprint density at radius 2 is 1.81 bits per heavy atom. The number of halogens is 2. The van der Waals surface area contributed by atoms with Crippen LogP contribution in [-0.4, -0.2) is 30.1 Å². The molecular weight excluding hydrogens is 346 g/mol. The summed E-state index contributed by atoms with van der Waals surface area (Å²) < 4.78 is 35.5. The van der Waals surface area contributed by atoms with E-state index in [0.717, 1.165) is 0 Å². The molecule has 0 N–H and O–H groups in total. The third-order valence-corrected chi connectivity index (χ3v) is 3.40. The van der Waals surface area contributed by atoms with Gasteiger partial charge in [0.05, 0.1) is 11.1 Å². The monoisotopic (exact) mass is 356 g/mol. The maximum absolute atomic E-state index is 12.5. The molecule has 0 saturated heterocycles. The predicted molar refractivity (Wildman–Crippen MR) is 84.2 cm³/mol. The Balaban J connectivity index is 1.49. The molecule has 3 heterocycles. The molecule has 0 aliphatic heterocycles. The van der Waals surface area contributed by atoms with E-state index in [9.17, 15) is 8.78 Å². The molecule has 10 heteroatoms. The van der Waals surface area contributed by atoms with Crippen LogP contribution >= 0.6 is 0 Å². The normalized spacial score (nSPS) is 11.2. The van der Waals surface area contributed by atoms with Gasteiger partial charge in [0.2, 0.25) is 0 Å². The van der Waals surface area contributed by atoms with Crippen LogP contribution in [0.25, 0.3) is 22.5 Å². The molecule has 8 nitrogen and oxygen atoms in total. The van der Waals surface area contributed by atoms with E-state index in [4.69, 9.17) is 9.15 Å². The van der Waals surface area contributed by atoms with Crippen molar-refractivity contribution < 1.29 is 17.9 Å². The number of hydrogen-bond donors (Lipinski definition) is 0. The van der Waals surface area contributed by atoms with E-state index in [1.165, 1.54) is 12.4 Å². The molecule has 4 aromatic rings. The van der Waals surface area contributed by atoms with Gasteiger partial charge < -0.3 is 9.15 Å². The molecule has 4 rings (SSSR count). The van der Waals surface area contributed by atoms with Gasteiger partial charge in [0.1, 0.15) is 17.9 Å². The van der Waals surface area contributed by atoms with Crippen molar-refractivity contribution in [3.05, 3.63) is 54.7 Å². The van der Waals surface area contributed by atoms with E-state index in [2.05, 4.69) is 30.1 Å². The fourth-order valence-corrected chi connectivity index (χ4v) is 2.20. The highest BCUT2D eigenvalue weighted by Gasteiger charge is 2.17. The zero-order valence-electron chi connectivity index (χ0n) is 13.1. The van der Waals surface area contributed by atoms with Gasteiger partial charge in [0, 0.05) is 24.8 Å². The highest BCUT2D eigenvalue weighted by molar-refractivity contribution is 5.80. The first-order valence-corrected chi connectivity index (χ1v) is 7.46. The first-order valence-electron chi connectivity index (χ1n) is 7.46. The summed E-state index contributed by atoms with van der Waals surface area (Å²) in [4.78, 5) is 16.7. The zero-order chi connectivity index (χ0) is 17.9. The van der Waals surface area contributed by atoms with Crippen LogP contribution in [0.15, 0.2) is 47.4 Å². The molecule has 1 aromatic carbocycles. The summed E-state index contributed by atoms with van der Waals surface area (Å²) in [6, 6.07) is 5.42. The van der Waals surface area contributed by atoms with Crippen LogP contribution in [0, 0.1) is 0 Å². The molecule has 0 fully saturated rings. The number of hydrogen-bond acceptors (Lipinski definition) is 8. The van der Waals surface area contributed by atoms with E-state index in [1.807, 2.05) is 12.1 Å². The summed E-state index contributed by atoms with van der Waals surface area (Å²) >= 11 is 0. The Labute approximate surface area is 144 Å². The number of benzene rings is 1. The predicted octanol–water partition coefficient (Wildman–Crippen LogP) is 2.99. The van der Waals surface area contributed by atoms with E-state index >= 15 is 0 Å². The maximum atomic E-state index is 12.5.